The zero-order chi connectivity index (χ0) is 14.6. The third kappa shape index (κ3) is 58.2. The lowest BCUT2D eigenvalue weighted by Gasteiger charge is -1.91. The first kappa shape index (κ1) is 20.1. The van der Waals surface area contributed by atoms with Gasteiger partial charge in [0.15, 0.2) is 0 Å². The highest BCUT2D eigenvalue weighted by molar-refractivity contribution is 5.91. The molecule has 0 atom stereocenters. The summed E-state index contributed by atoms with van der Waals surface area (Å²) in [7, 11) is 0. The number of carboxylic acids is 4. The van der Waals surface area contributed by atoms with Crippen LogP contribution in [0.2, 0.25) is 0 Å². The fourth-order valence-electron chi connectivity index (χ4n) is 0.258. The summed E-state index contributed by atoms with van der Waals surface area (Å²) in [6.07, 6.45) is -0.505. The van der Waals surface area contributed by atoms with Crippen LogP contribution in [0.25, 0.3) is 0 Å². The first-order valence-corrected chi connectivity index (χ1v) is 4.02. The van der Waals surface area contributed by atoms with Gasteiger partial charge in [-0.1, -0.05) is 6.58 Å². The number of carbonyl (C=O) groups is 4. The van der Waals surface area contributed by atoms with E-state index < -0.39 is 30.3 Å². The van der Waals surface area contributed by atoms with Gasteiger partial charge < -0.3 is 20.4 Å². The van der Waals surface area contributed by atoms with Gasteiger partial charge in [-0.2, -0.15) is 0 Å². The minimum Gasteiger partial charge on any atom is -0.481 e. The molecule has 0 radical (unpaired) electrons. The summed E-state index contributed by atoms with van der Waals surface area (Å²) in [6.45, 7) is 5.18. The molecule has 98 valence electrons. The molecular weight excluding hydrogens is 236 g/mol. The fraction of sp³-hybridized carbons (Fsp3) is 0.333. The van der Waals surface area contributed by atoms with Crippen molar-refractivity contribution in [3.63, 3.8) is 0 Å². The summed E-state index contributed by atoms with van der Waals surface area (Å²) in [4.78, 5) is 37.7. The molecule has 0 saturated heterocycles. The maximum atomic E-state index is 9.87. The van der Waals surface area contributed by atoms with E-state index in [9.17, 15) is 9.59 Å². The second-order valence-corrected chi connectivity index (χ2v) is 2.52. The highest BCUT2D eigenvalue weighted by Crippen LogP contribution is 1.95. The molecular formula is C9H14O8. The van der Waals surface area contributed by atoms with Crippen molar-refractivity contribution in [2.45, 2.75) is 20.3 Å². The predicted octanol–water partition coefficient (Wildman–Crippen LogP) is 0.284. The zero-order valence-corrected chi connectivity index (χ0v) is 9.34. The molecule has 0 bridgehead atoms. The highest BCUT2D eigenvalue weighted by Gasteiger charge is 2.07. The molecule has 0 aromatic carbocycles. The normalized spacial score (nSPS) is 7.41. The Bertz CT molecular complexity index is 284. The SMILES string of the molecule is C=C(CC(=O)O)C(=O)O.CC(=O)O.CC(=O)O. The molecule has 0 aromatic rings. The molecule has 0 aliphatic heterocycles. The lowest BCUT2D eigenvalue weighted by Crippen LogP contribution is -2.04. The van der Waals surface area contributed by atoms with Gasteiger partial charge >= 0.3 is 11.9 Å². The Morgan fingerprint density at radius 3 is 1.18 bits per heavy atom. The van der Waals surface area contributed by atoms with Crippen molar-refractivity contribution in [2.24, 2.45) is 0 Å². The molecule has 0 aliphatic rings. The van der Waals surface area contributed by atoms with E-state index in [0.29, 0.717) is 0 Å². The van der Waals surface area contributed by atoms with E-state index in [1.165, 1.54) is 0 Å². The maximum Gasteiger partial charge on any atom is 0.331 e. The highest BCUT2D eigenvalue weighted by atomic mass is 16.4. The van der Waals surface area contributed by atoms with Gasteiger partial charge in [-0.3, -0.25) is 14.4 Å². The van der Waals surface area contributed by atoms with Crippen LogP contribution in [0.4, 0.5) is 0 Å². The topological polar surface area (TPSA) is 149 Å². The Labute approximate surface area is 96.8 Å². The number of hydrogen-bond acceptors (Lipinski definition) is 4. The molecule has 0 spiro atoms. The van der Waals surface area contributed by atoms with E-state index in [-0.39, 0.29) is 5.57 Å². The van der Waals surface area contributed by atoms with Gasteiger partial charge in [0, 0.05) is 19.4 Å². The minimum atomic E-state index is -1.27. The first-order chi connectivity index (χ1) is 7.50. The molecule has 8 nitrogen and oxygen atoms in total. The molecule has 0 aliphatic carbocycles. The largest absolute Gasteiger partial charge is 0.481 e. The quantitative estimate of drug-likeness (QED) is 0.522. The smallest absolute Gasteiger partial charge is 0.331 e. The van der Waals surface area contributed by atoms with Gasteiger partial charge in [-0.05, 0) is 0 Å². The van der Waals surface area contributed by atoms with E-state index in [2.05, 4.69) is 6.58 Å². The van der Waals surface area contributed by atoms with Crippen LogP contribution in [0, 0.1) is 0 Å². The van der Waals surface area contributed by atoms with Gasteiger partial charge in [0.05, 0.1) is 6.42 Å². The van der Waals surface area contributed by atoms with Gasteiger partial charge in [-0.25, -0.2) is 4.79 Å². The number of aliphatic carboxylic acids is 4. The maximum absolute atomic E-state index is 9.87. The van der Waals surface area contributed by atoms with Crippen molar-refractivity contribution in [1.29, 1.82) is 0 Å². The Kier molecular flexibility index (Phi) is 13.8. The average Bonchev–Trinajstić information content (AvgIpc) is 1.99. The molecule has 0 unspecified atom stereocenters. The second-order valence-electron chi connectivity index (χ2n) is 2.52. The molecule has 4 N–H and O–H groups in total. The fourth-order valence-corrected chi connectivity index (χ4v) is 0.258. The summed E-state index contributed by atoms with van der Waals surface area (Å²) in [5, 5.41) is 30.9. The van der Waals surface area contributed by atoms with Crippen molar-refractivity contribution in [3.05, 3.63) is 12.2 Å². The van der Waals surface area contributed by atoms with Crippen LogP contribution in [0.15, 0.2) is 12.2 Å². The summed E-state index contributed by atoms with van der Waals surface area (Å²) in [5.41, 5.74) is -0.303. The van der Waals surface area contributed by atoms with Crippen molar-refractivity contribution in [1.82, 2.24) is 0 Å². The first-order valence-electron chi connectivity index (χ1n) is 4.02. The molecule has 17 heavy (non-hydrogen) atoms. The van der Waals surface area contributed by atoms with E-state index >= 15 is 0 Å². The molecule has 0 amide bonds. The third-order valence-corrected chi connectivity index (χ3v) is 0.667. The zero-order valence-electron chi connectivity index (χ0n) is 9.34. The monoisotopic (exact) mass is 250 g/mol. The van der Waals surface area contributed by atoms with Crippen LogP contribution in [0.3, 0.4) is 0 Å². The number of rotatable bonds is 3. The minimum absolute atomic E-state index is 0.303. The lowest BCUT2D eigenvalue weighted by molar-refractivity contribution is -0.139. The van der Waals surface area contributed by atoms with Crippen molar-refractivity contribution in [3.8, 4) is 0 Å². The second kappa shape index (κ2) is 11.7. The van der Waals surface area contributed by atoms with E-state index in [1.54, 1.807) is 0 Å². The predicted molar refractivity (Wildman–Crippen MR) is 55.6 cm³/mol. The van der Waals surface area contributed by atoms with Crippen LogP contribution in [-0.2, 0) is 19.2 Å². The number of carboxylic acid groups (broad SMARTS) is 4. The van der Waals surface area contributed by atoms with E-state index in [4.69, 9.17) is 30.0 Å². The standard InChI is InChI=1S/C5H6O4.2C2H4O2/c1-3(5(8)9)2-4(6)7;2*1-2(3)4/h1-2H2,(H,6,7)(H,8,9);2*1H3,(H,3,4). The summed E-state index contributed by atoms with van der Waals surface area (Å²) < 4.78 is 0. The molecule has 0 heterocycles. The van der Waals surface area contributed by atoms with Gasteiger partial charge in [-0.15, -0.1) is 0 Å². The summed E-state index contributed by atoms with van der Waals surface area (Å²) >= 11 is 0. The lowest BCUT2D eigenvalue weighted by atomic mass is 10.2. The van der Waals surface area contributed by atoms with Crippen LogP contribution in [0.5, 0.6) is 0 Å². The van der Waals surface area contributed by atoms with Crippen molar-refractivity contribution in [2.75, 3.05) is 0 Å². The molecule has 0 saturated carbocycles. The Hall–Kier alpha value is -2.38. The molecule has 0 fully saturated rings. The number of hydrogen-bond donors (Lipinski definition) is 4. The summed E-state index contributed by atoms with van der Waals surface area (Å²) in [5.74, 6) is -4.11. The molecule has 0 rings (SSSR count). The van der Waals surface area contributed by atoms with Crippen molar-refractivity contribution < 1.29 is 39.6 Å². The van der Waals surface area contributed by atoms with Crippen LogP contribution >= 0.6 is 0 Å². The van der Waals surface area contributed by atoms with Crippen LogP contribution < -0.4 is 0 Å². The summed E-state index contributed by atoms with van der Waals surface area (Å²) in [6, 6.07) is 0. The third-order valence-electron chi connectivity index (χ3n) is 0.667. The Balaban J connectivity index is -0.000000205. The average molecular weight is 250 g/mol. The van der Waals surface area contributed by atoms with Gasteiger partial charge in [0.2, 0.25) is 0 Å². The van der Waals surface area contributed by atoms with Crippen LogP contribution in [0.1, 0.15) is 20.3 Å². The molecule has 8 heteroatoms. The van der Waals surface area contributed by atoms with E-state index in [1.807, 2.05) is 0 Å². The molecule has 0 aromatic heterocycles. The van der Waals surface area contributed by atoms with E-state index in [0.717, 1.165) is 13.8 Å². The van der Waals surface area contributed by atoms with Gasteiger partial charge in [0.25, 0.3) is 11.9 Å². The van der Waals surface area contributed by atoms with Crippen LogP contribution in [-0.4, -0.2) is 44.3 Å². The van der Waals surface area contributed by atoms with Crippen molar-refractivity contribution >= 4 is 23.9 Å². The Morgan fingerprint density at radius 1 is 0.882 bits per heavy atom. The Morgan fingerprint density at radius 2 is 1.12 bits per heavy atom. The van der Waals surface area contributed by atoms with Gasteiger partial charge in [0.1, 0.15) is 0 Å².